The van der Waals surface area contributed by atoms with E-state index in [0.29, 0.717) is 12.0 Å². The maximum atomic E-state index is 5.07. The van der Waals surface area contributed by atoms with Crippen molar-refractivity contribution >= 4 is 21.4 Å². The molecule has 1 aromatic carbocycles. The van der Waals surface area contributed by atoms with Crippen LogP contribution in [0.1, 0.15) is 19.4 Å². The van der Waals surface area contributed by atoms with Crippen molar-refractivity contribution in [3.05, 3.63) is 35.2 Å². The van der Waals surface area contributed by atoms with E-state index in [2.05, 4.69) is 48.8 Å². The van der Waals surface area contributed by atoms with E-state index < -0.39 is 0 Å². The lowest BCUT2D eigenvalue weighted by Gasteiger charge is -2.21. The van der Waals surface area contributed by atoms with Gasteiger partial charge in [-0.25, -0.2) is 0 Å². The summed E-state index contributed by atoms with van der Waals surface area (Å²) < 4.78 is 6.47. The monoisotopic (exact) mass is 277 g/mol. The second kappa shape index (κ2) is 7.04. The predicted octanol–water partition coefficient (Wildman–Crippen LogP) is 3.70. The zero-order valence-corrected chi connectivity index (χ0v) is 12.8. The number of methoxy groups -OCH3 is 1. The summed E-state index contributed by atoms with van der Waals surface area (Å²) in [7, 11) is 1.74. The molecule has 0 bridgehead atoms. The van der Waals surface area contributed by atoms with Gasteiger partial charge in [-0.3, -0.25) is 0 Å². The van der Waals surface area contributed by atoms with E-state index in [4.69, 9.17) is 4.74 Å². The smallest absolute Gasteiger partial charge is 0.0587 e. The van der Waals surface area contributed by atoms with Crippen LogP contribution in [0, 0.1) is 5.92 Å². The molecule has 2 nitrogen and oxygen atoms in total. The molecule has 104 valence electrons. The molecule has 0 aliphatic carbocycles. The third-order valence-corrected chi connectivity index (χ3v) is 4.74. The summed E-state index contributed by atoms with van der Waals surface area (Å²) in [5.41, 5.74) is 1.48. The maximum Gasteiger partial charge on any atom is 0.0587 e. The van der Waals surface area contributed by atoms with Gasteiger partial charge >= 0.3 is 0 Å². The van der Waals surface area contributed by atoms with Crippen LogP contribution in [0.15, 0.2) is 29.6 Å². The van der Waals surface area contributed by atoms with Gasteiger partial charge in [0.05, 0.1) is 6.61 Å². The molecule has 0 radical (unpaired) electrons. The van der Waals surface area contributed by atoms with E-state index in [1.54, 1.807) is 7.11 Å². The minimum absolute atomic E-state index is 0.508. The van der Waals surface area contributed by atoms with Crippen LogP contribution in [-0.2, 0) is 11.2 Å². The number of fused-ring (bicyclic) bond motifs is 1. The average Bonchev–Trinajstić information content (AvgIpc) is 2.82. The molecular formula is C16H23NOS. The van der Waals surface area contributed by atoms with Crippen molar-refractivity contribution in [1.29, 1.82) is 0 Å². The lowest BCUT2D eigenvalue weighted by molar-refractivity contribution is 0.192. The van der Waals surface area contributed by atoms with Crippen LogP contribution in [0.2, 0.25) is 0 Å². The Hall–Kier alpha value is -0.900. The summed E-state index contributed by atoms with van der Waals surface area (Å²) in [6.45, 7) is 6.27. The van der Waals surface area contributed by atoms with Gasteiger partial charge in [0.2, 0.25) is 0 Å². The molecule has 0 amide bonds. The lowest BCUT2D eigenvalue weighted by Crippen LogP contribution is -2.35. The predicted molar refractivity (Wildman–Crippen MR) is 84.0 cm³/mol. The highest BCUT2D eigenvalue weighted by atomic mass is 32.1. The molecule has 1 heterocycles. The normalized spacial score (nSPS) is 14.7. The Morgan fingerprint density at radius 2 is 2.05 bits per heavy atom. The molecule has 0 saturated carbocycles. The van der Waals surface area contributed by atoms with Crippen LogP contribution in [0.25, 0.3) is 10.1 Å². The van der Waals surface area contributed by atoms with Crippen molar-refractivity contribution in [1.82, 2.24) is 5.32 Å². The van der Waals surface area contributed by atoms with Crippen LogP contribution in [0.3, 0.4) is 0 Å². The summed E-state index contributed by atoms with van der Waals surface area (Å²) in [5.74, 6) is 0.620. The highest BCUT2D eigenvalue weighted by Gasteiger charge is 2.14. The van der Waals surface area contributed by atoms with Crippen molar-refractivity contribution in [2.24, 2.45) is 5.92 Å². The van der Waals surface area contributed by atoms with E-state index in [0.717, 1.165) is 19.6 Å². The van der Waals surface area contributed by atoms with Gasteiger partial charge in [0.1, 0.15) is 0 Å². The Kier molecular flexibility index (Phi) is 5.37. The first kappa shape index (κ1) is 14.5. The molecule has 19 heavy (non-hydrogen) atoms. The van der Waals surface area contributed by atoms with Crippen LogP contribution in [0.5, 0.6) is 0 Å². The van der Waals surface area contributed by atoms with Crippen LogP contribution >= 0.6 is 11.3 Å². The number of benzene rings is 1. The molecule has 1 aromatic heterocycles. The summed E-state index contributed by atoms with van der Waals surface area (Å²) >= 11 is 1.85. The molecule has 0 spiro atoms. The first-order valence-corrected chi connectivity index (χ1v) is 7.77. The molecule has 3 heteroatoms. The Labute approximate surface area is 119 Å². The fraction of sp³-hybridized carbons (Fsp3) is 0.500. The quantitative estimate of drug-likeness (QED) is 0.779. The first-order chi connectivity index (χ1) is 9.22. The van der Waals surface area contributed by atoms with Crippen molar-refractivity contribution < 1.29 is 4.74 Å². The first-order valence-electron chi connectivity index (χ1n) is 6.89. The van der Waals surface area contributed by atoms with Gasteiger partial charge in [-0.1, -0.05) is 25.1 Å². The second-order valence-corrected chi connectivity index (χ2v) is 6.09. The van der Waals surface area contributed by atoms with Crippen molar-refractivity contribution in [2.45, 2.75) is 26.3 Å². The highest BCUT2D eigenvalue weighted by Crippen LogP contribution is 2.28. The molecule has 1 N–H and O–H groups in total. The third kappa shape index (κ3) is 3.78. The Morgan fingerprint density at radius 3 is 2.84 bits per heavy atom. The van der Waals surface area contributed by atoms with E-state index in [-0.39, 0.29) is 0 Å². The Balaban J connectivity index is 1.96. The van der Waals surface area contributed by atoms with E-state index in [1.165, 1.54) is 15.6 Å². The summed E-state index contributed by atoms with van der Waals surface area (Å²) in [5, 5.41) is 7.25. The maximum absolute atomic E-state index is 5.07. The Bertz CT molecular complexity index is 508. The van der Waals surface area contributed by atoms with Crippen LogP contribution in [-0.4, -0.2) is 26.3 Å². The van der Waals surface area contributed by atoms with E-state index >= 15 is 0 Å². The summed E-state index contributed by atoms with van der Waals surface area (Å²) in [4.78, 5) is 0. The molecule has 2 rings (SSSR count). The number of hydrogen-bond acceptors (Lipinski definition) is 3. The number of thiophene rings is 1. The molecule has 0 aliphatic rings. The lowest BCUT2D eigenvalue weighted by atomic mass is 9.94. The van der Waals surface area contributed by atoms with Crippen molar-refractivity contribution in [3.8, 4) is 0 Å². The van der Waals surface area contributed by atoms with Crippen molar-refractivity contribution in [3.63, 3.8) is 0 Å². The highest BCUT2D eigenvalue weighted by molar-refractivity contribution is 7.17. The van der Waals surface area contributed by atoms with Gasteiger partial charge in [-0.15, -0.1) is 11.3 Å². The molecule has 2 aromatic rings. The van der Waals surface area contributed by atoms with E-state index in [9.17, 15) is 0 Å². The number of rotatable bonds is 7. The molecule has 2 atom stereocenters. The SMILES string of the molecule is COCCNC(C)C(C)Cc1csc2ccccc12. The topological polar surface area (TPSA) is 21.3 Å². The van der Waals surface area contributed by atoms with Gasteiger partial charge in [0.25, 0.3) is 0 Å². The minimum Gasteiger partial charge on any atom is -0.383 e. The molecule has 0 saturated heterocycles. The summed E-state index contributed by atoms with van der Waals surface area (Å²) in [6.07, 6.45) is 1.13. The number of ether oxygens (including phenoxy) is 1. The van der Waals surface area contributed by atoms with Gasteiger partial charge in [-0.2, -0.15) is 0 Å². The average molecular weight is 277 g/mol. The van der Waals surface area contributed by atoms with Gasteiger partial charge in [0.15, 0.2) is 0 Å². The zero-order chi connectivity index (χ0) is 13.7. The summed E-state index contributed by atoms with van der Waals surface area (Å²) in [6, 6.07) is 9.18. The van der Waals surface area contributed by atoms with Crippen LogP contribution in [0.4, 0.5) is 0 Å². The fourth-order valence-electron chi connectivity index (χ4n) is 2.30. The largest absolute Gasteiger partial charge is 0.383 e. The second-order valence-electron chi connectivity index (χ2n) is 5.17. The van der Waals surface area contributed by atoms with Crippen molar-refractivity contribution in [2.75, 3.05) is 20.3 Å². The third-order valence-electron chi connectivity index (χ3n) is 3.73. The fourth-order valence-corrected chi connectivity index (χ4v) is 3.28. The van der Waals surface area contributed by atoms with Gasteiger partial charge in [0, 0.05) is 24.4 Å². The number of hydrogen-bond donors (Lipinski definition) is 1. The standard InChI is InChI=1S/C16H23NOS/c1-12(13(2)17-8-9-18-3)10-14-11-19-16-7-5-4-6-15(14)16/h4-7,11-13,17H,8-10H2,1-3H3. The van der Waals surface area contributed by atoms with Gasteiger partial charge in [-0.05, 0) is 41.7 Å². The minimum atomic E-state index is 0.508. The van der Waals surface area contributed by atoms with Crippen LogP contribution < -0.4 is 5.32 Å². The molecular weight excluding hydrogens is 254 g/mol. The molecule has 2 unspecified atom stereocenters. The molecule has 0 aliphatic heterocycles. The number of nitrogens with one attached hydrogen (secondary N) is 1. The molecule has 0 fully saturated rings. The zero-order valence-electron chi connectivity index (χ0n) is 12.0. The van der Waals surface area contributed by atoms with Gasteiger partial charge < -0.3 is 10.1 Å². The Morgan fingerprint density at radius 1 is 1.26 bits per heavy atom. The van der Waals surface area contributed by atoms with E-state index in [1.807, 2.05) is 11.3 Å².